The molecule has 5 rings (SSSR count). The zero-order valence-electron chi connectivity index (χ0n) is 16.7. The van der Waals surface area contributed by atoms with Crippen molar-refractivity contribution in [2.24, 2.45) is 0 Å². The van der Waals surface area contributed by atoms with Gasteiger partial charge >= 0.3 is 11.6 Å². The summed E-state index contributed by atoms with van der Waals surface area (Å²) in [5.74, 6) is -1.20. The summed E-state index contributed by atoms with van der Waals surface area (Å²) in [6.45, 7) is -0.761. The van der Waals surface area contributed by atoms with Gasteiger partial charge in [0, 0.05) is 10.8 Å². The zero-order valence-corrected chi connectivity index (χ0v) is 16.7. The molecule has 0 radical (unpaired) electrons. The normalized spacial score (nSPS) is 26.6. The van der Waals surface area contributed by atoms with Gasteiger partial charge in [0.05, 0.1) is 12.0 Å². The first-order valence-corrected chi connectivity index (χ1v) is 9.84. The second-order valence-corrected chi connectivity index (χ2v) is 7.55. The van der Waals surface area contributed by atoms with Crippen LogP contribution in [0.25, 0.3) is 21.7 Å². The van der Waals surface area contributed by atoms with Gasteiger partial charge in [0.2, 0.25) is 13.1 Å². The van der Waals surface area contributed by atoms with Crippen molar-refractivity contribution in [3.05, 3.63) is 40.2 Å². The molecule has 0 saturated carbocycles. The summed E-state index contributed by atoms with van der Waals surface area (Å²) in [5.41, 5.74) is -1.67. The molecule has 1 fully saturated rings. The number of benzene rings is 2. The first-order chi connectivity index (χ1) is 15.8. The van der Waals surface area contributed by atoms with Gasteiger partial charge in [0.25, 0.3) is 0 Å². The van der Waals surface area contributed by atoms with Crippen LogP contribution in [0.2, 0.25) is 0 Å². The monoisotopic (exact) mass is 462 g/mol. The topological polar surface area (TPSA) is 185 Å². The third-order valence-corrected chi connectivity index (χ3v) is 5.65. The van der Waals surface area contributed by atoms with E-state index < -0.39 is 54.5 Å². The second-order valence-electron chi connectivity index (χ2n) is 7.55. The van der Waals surface area contributed by atoms with Gasteiger partial charge in [0.1, 0.15) is 35.7 Å². The van der Waals surface area contributed by atoms with Crippen LogP contribution in [-0.2, 0) is 4.74 Å². The molecular weight excluding hydrogens is 444 g/mol. The number of carbonyl (C=O) groups is 1. The Balaban J connectivity index is 1.67. The van der Waals surface area contributed by atoms with Crippen LogP contribution in [0.15, 0.2) is 33.5 Å². The van der Waals surface area contributed by atoms with Crippen LogP contribution in [0, 0.1) is 0 Å². The van der Waals surface area contributed by atoms with E-state index in [4.69, 9.17) is 23.4 Å². The number of carboxylic acids is 1. The number of hydrogen-bond acceptors (Lipinski definition) is 11. The van der Waals surface area contributed by atoms with E-state index in [1.165, 1.54) is 18.2 Å². The average Bonchev–Trinajstić information content (AvgIpc) is 3.28. The molecule has 2 aromatic carbocycles. The van der Waals surface area contributed by atoms with Crippen molar-refractivity contribution in [1.29, 1.82) is 0 Å². The second kappa shape index (κ2) is 7.86. The quantitative estimate of drug-likeness (QED) is 0.249. The molecule has 1 aromatic heterocycles. The molecule has 174 valence electrons. The minimum atomic E-state index is -1.77. The molecular formula is C21H18O12. The fourth-order valence-electron chi connectivity index (χ4n) is 4.02. The number of hydrogen-bond donors (Lipinski definition) is 5. The third kappa shape index (κ3) is 3.27. The lowest BCUT2D eigenvalue weighted by atomic mass is 9.99. The minimum Gasteiger partial charge on any atom is -0.477 e. The number of ether oxygens (including phenoxy) is 4. The summed E-state index contributed by atoms with van der Waals surface area (Å²) >= 11 is 0. The van der Waals surface area contributed by atoms with Crippen molar-refractivity contribution >= 4 is 27.7 Å². The van der Waals surface area contributed by atoms with Crippen LogP contribution in [0.4, 0.5) is 0 Å². The molecule has 12 heteroatoms. The van der Waals surface area contributed by atoms with Crippen molar-refractivity contribution in [3.63, 3.8) is 0 Å². The van der Waals surface area contributed by atoms with E-state index in [2.05, 4.69) is 0 Å². The lowest BCUT2D eigenvalue weighted by Crippen LogP contribution is -2.60. The molecule has 3 aromatic rings. The predicted octanol–water partition coefficient (Wildman–Crippen LogP) is -0.448. The van der Waals surface area contributed by atoms with Crippen LogP contribution in [0.5, 0.6) is 17.2 Å². The van der Waals surface area contributed by atoms with Crippen LogP contribution in [-0.4, -0.2) is 75.6 Å². The largest absolute Gasteiger partial charge is 0.477 e. The number of rotatable bonds is 4. The molecule has 0 spiro atoms. The number of fused-ring (bicyclic) bond motifs is 5. The third-order valence-electron chi connectivity index (χ3n) is 5.65. The number of aliphatic hydroxyl groups is 4. The number of aliphatic hydroxyl groups excluding tert-OH is 4. The summed E-state index contributed by atoms with van der Waals surface area (Å²) in [5, 5.41) is 50.0. The zero-order chi connectivity index (χ0) is 23.4. The Hall–Kier alpha value is -3.42. The molecule has 1 saturated heterocycles. The minimum absolute atomic E-state index is 0.0692. The van der Waals surface area contributed by atoms with Gasteiger partial charge in [-0.05, 0) is 24.3 Å². The van der Waals surface area contributed by atoms with Crippen molar-refractivity contribution < 1.29 is 53.7 Å². The van der Waals surface area contributed by atoms with Gasteiger partial charge in [-0.25, -0.2) is 9.59 Å². The van der Waals surface area contributed by atoms with Gasteiger partial charge in [0.15, 0.2) is 17.1 Å². The van der Waals surface area contributed by atoms with Gasteiger partial charge in [-0.2, -0.15) is 0 Å². The van der Waals surface area contributed by atoms with E-state index in [0.29, 0.717) is 11.1 Å². The van der Waals surface area contributed by atoms with Gasteiger partial charge in [-0.3, -0.25) is 0 Å². The SMILES string of the molecule is O=C(O)c1c(O[C@@H]2O[C@H](CO)[C@@H](O)[C@H](O)[C@H]2O)ccc2c1oc(=O)c1ccc3c(c12)OCO3. The maximum Gasteiger partial charge on any atom is 0.344 e. The van der Waals surface area contributed by atoms with E-state index in [9.17, 15) is 35.1 Å². The summed E-state index contributed by atoms with van der Waals surface area (Å²) in [6.07, 6.45) is -8.00. The van der Waals surface area contributed by atoms with Crippen molar-refractivity contribution in [2.75, 3.05) is 13.4 Å². The summed E-state index contributed by atoms with van der Waals surface area (Å²) < 4.78 is 26.9. The summed E-state index contributed by atoms with van der Waals surface area (Å²) in [6, 6.07) is 5.73. The summed E-state index contributed by atoms with van der Waals surface area (Å²) in [7, 11) is 0. The predicted molar refractivity (Wildman–Crippen MR) is 107 cm³/mol. The van der Waals surface area contributed by atoms with E-state index in [1.807, 2.05) is 0 Å². The molecule has 12 nitrogen and oxygen atoms in total. The van der Waals surface area contributed by atoms with Crippen molar-refractivity contribution in [2.45, 2.75) is 30.7 Å². The van der Waals surface area contributed by atoms with Crippen LogP contribution < -0.4 is 19.8 Å². The Labute approximate surface area is 183 Å². The standard InChI is InChI=1S/C21H18O12/c22-5-11-14(23)15(24)16(25)21(32-11)31-9-3-1-7-12-8(2-4-10-18(12)30-6-29-10)20(28)33-17(7)13(9)19(26)27/h1-4,11,14-16,21-25H,5-6H2,(H,26,27)/t11-,14-,15+,16-,21-/m1/s1. The van der Waals surface area contributed by atoms with Gasteiger partial charge < -0.3 is 48.9 Å². The highest BCUT2D eigenvalue weighted by atomic mass is 16.7. The summed E-state index contributed by atoms with van der Waals surface area (Å²) in [4.78, 5) is 24.8. The van der Waals surface area contributed by atoms with E-state index in [-0.39, 0.29) is 34.6 Å². The van der Waals surface area contributed by atoms with Crippen molar-refractivity contribution in [3.8, 4) is 17.2 Å². The Morgan fingerprint density at radius 1 is 1.03 bits per heavy atom. The highest BCUT2D eigenvalue weighted by Crippen LogP contribution is 2.43. The first kappa shape index (κ1) is 21.4. The van der Waals surface area contributed by atoms with Crippen LogP contribution >= 0.6 is 0 Å². The number of aromatic carboxylic acids is 1. The lowest BCUT2D eigenvalue weighted by Gasteiger charge is -2.39. The molecule has 33 heavy (non-hydrogen) atoms. The van der Waals surface area contributed by atoms with E-state index in [0.717, 1.165) is 0 Å². The maximum atomic E-state index is 12.6. The fourth-order valence-corrected chi connectivity index (χ4v) is 4.02. The average molecular weight is 462 g/mol. The molecule has 2 aliphatic heterocycles. The van der Waals surface area contributed by atoms with E-state index >= 15 is 0 Å². The molecule has 2 aliphatic rings. The molecule has 0 aliphatic carbocycles. The molecule has 3 heterocycles. The first-order valence-electron chi connectivity index (χ1n) is 9.84. The Morgan fingerprint density at radius 3 is 2.52 bits per heavy atom. The van der Waals surface area contributed by atoms with Crippen molar-refractivity contribution in [1.82, 2.24) is 0 Å². The Kier molecular flexibility index (Phi) is 5.11. The molecule has 0 bridgehead atoms. The molecule has 5 atom stereocenters. The van der Waals surface area contributed by atoms with Gasteiger partial charge in [-0.15, -0.1) is 0 Å². The molecule has 0 unspecified atom stereocenters. The Bertz CT molecular complexity index is 1310. The van der Waals surface area contributed by atoms with Gasteiger partial charge in [-0.1, -0.05) is 0 Å². The maximum absolute atomic E-state index is 12.6. The highest BCUT2D eigenvalue weighted by Gasteiger charge is 2.45. The Morgan fingerprint density at radius 2 is 1.79 bits per heavy atom. The smallest absolute Gasteiger partial charge is 0.344 e. The lowest BCUT2D eigenvalue weighted by molar-refractivity contribution is -0.277. The molecule has 0 amide bonds. The fraction of sp³-hybridized carbons (Fsp3) is 0.333. The highest BCUT2D eigenvalue weighted by molar-refractivity contribution is 6.14. The number of carboxylic acid groups (broad SMARTS) is 1. The van der Waals surface area contributed by atoms with E-state index in [1.54, 1.807) is 6.07 Å². The van der Waals surface area contributed by atoms with Crippen LogP contribution in [0.3, 0.4) is 0 Å². The molecule has 5 N–H and O–H groups in total. The van der Waals surface area contributed by atoms with Crippen LogP contribution in [0.1, 0.15) is 10.4 Å².